The number of hydrogen-bond acceptors (Lipinski definition) is 2. The number of aliphatic carboxylic acids is 1. The zero-order valence-electron chi connectivity index (χ0n) is 13.4. The summed E-state index contributed by atoms with van der Waals surface area (Å²) in [6.07, 6.45) is -9.55. The van der Waals surface area contributed by atoms with Gasteiger partial charge in [-0.05, 0) is 42.5 Å². The highest BCUT2D eigenvalue weighted by Gasteiger charge is 2.37. The van der Waals surface area contributed by atoms with Crippen LogP contribution in [0.15, 0.2) is 18.2 Å². The van der Waals surface area contributed by atoms with Gasteiger partial charge in [0.25, 0.3) is 0 Å². The highest BCUT2D eigenvalue weighted by Crippen LogP contribution is 2.38. The van der Waals surface area contributed by atoms with E-state index in [1.165, 1.54) is 0 Å². The molecule has 1 aromatic carbocycles. The number of alkyl halides is 6. The van der Waals surface area contributed by atoms with Gasteiger partial charge in [-0.15, -0.1) is 0 Å². The number of hydrogen-bond donors (Lipinski definition) is 2. The minimum atomic E-state index is -4.79. The minimum absolute atomic E-state index is 0.00409. The molecule has 1 rings (SSSR count). The van der Waals surface area contributed by atoms with Crippen molar-refractivity contribution in [1.82, 2.24) is 0 Å². The van der Waals surface area contributed by atoms with Crippen LogP contribution in [0, 0.1) is 11.8 Å². The van der Waals surface area contributed by atoms with Gasteiger partial charge in [0.05, 0.1) is 17.0 Å². The summed E-state index contributed by atoms with van der Waals surface area (Å²) in [6.45, 7) is 1.45. The van der Waals surface area contributed by atoms with E-state index in [1.54, 1.807) is 6.92 Å². The Kier molecular flexibility index (Phi) is 6.87. The molecule has 0 spiro atoms. The maximum absolute atomic E-state index is 13.1. The first-order valence-corrected chi connectivity index (χ1v) is 7.60. The zero-order valence-corrected chi connectivity index (χ0v) is 13.4. The van der Waals surface area contributed by atoms with E-state index in [-0.39, 0.29) is 19.4 Å². The van der Waals surface area contributed by atoms with Crippen LogP contribution in [0.1, 0.15) is 36.5 Å². The second-order valence-electron chi connectivity index (χ2n) is 5.85. The molecule has 9 heteroatoms. The fourth-order valence-corrected chi connectivity index (χ4v) is 2.62. The Morgan fingerprint density at radius 3 is 2.16 bits per heavy atom. The second kappa shape index (κ2) is 8.07. The molecule has 0 radical (unpaired) electrons. The lowest BCUT2D eigenvalue weighted by Gasteiger charge is -2.22. The Bertz CT molecular complexity index is 597. The molecular weight excluding hydrogens is 352 g/mol. The van der Waals surface area contributed by atoms with E-state index in [2.05, 4.69) is 0 Å². The molecule has 1 aromatic rings. The van der Waals surface area contributed by atoms with Crippen molar-refractivity contribution in [2.75, 3.05) is 6.54 Å². The summed E-state index contributed by atoms with van der Waals surface area (Å²) < 4.78 is 77.7. The van der Waals surface area contributed by atoms with Crippen molar-refractivity contribution < 1.29 is 36.2 Å². The number of nitrogens with two attached hydrogens (primary N) is 1. The lowest BCUT2D eigenvalue weighted by Crippen LogP contribution is -2.26. The predicted molar refractivity (Wildman–Crippen MR) is 78.7 cm³/mol. The van der Waals surface area contributed by atoms with Crippen LogP contribution >= 0.6 is 0 Å². The van der Waals surface area contributed by atoms with Crippen LogP contribution in [0.25, 0.3) is 0 Å². The van der Waals surface area contributed by atoms with Crippen molar-refractivity contribution in [2.45, 2.75) is 38.5 Å². The molecule has 0 saturated heterocycles. The van der Waals surface area contributed by atoms with Gasteiger partial charge in [-0.25, -0.2) is 0 Å². The summed E-state index contributed by atoms with van der Waals surface area (Å²) in [6, 6.07) is 1.30. The fourth-order valence-electron chi connectivity index (χ4n) is 2.62. The van der Waals surface area contributed by atoms with Crippen molar-refractivity contribution >= 4 is 5.97 Å². The van der Waals surface area contributed by atoms with E-state index < -0.39 is 46.8 Å². The minimum Gasteiger partial charge on any atom is -0.481 e. The summed E-state index contributed by atoms with van der Waals surface area (Å²) in [5, 5.41) is 9.01. The molecule has 0 fully saturated rings. The first-order chi connectivity index (χ1) is 11.4. The van der Waals surface area contributed by atoms with Crippen LogP contribution in [0.3, 0.4) is 0 Å². The summed E-state index contributed by atoms with van der Waals surface area (Å²) in [4.78, 5) is 11.0. The van der Waals surface area contributed by atoms with Crippen LogP contribution in [0.5, 0.6) is 0 Å². The molecule has 0 aliphatic heterocycles. The molecule has 0 aliphatic rings. The Balaban J connectivity index is 3.20. The standard InChI is InChI=1S/C16H19F6NO2/c1-2-9(6-11(8-23)14(24)25)5-10-7-12(15(17,18)19)3-4-13(10)16(20,21)22/h3-4,7,9,11H,2,5-6,8,23H2,1H3,(H,24,25). The Morgan fingerprint density at radius 2 is 1.76 bits per heavy atom. The average Bonchev–Trinajstić information content (AvgIpc) is 2.48. The quantitative estimate of drug-likeness (QED) is 0.701. The molecule has 0 bridgehead atoms. The van der Waals surface area contributed by atoms with Gasteiger partial charge in [-0.2, -0.15) is 26.3 Å². The van der Waals surface area contributed by atoms with Gasteiger partial charge >= 0.3 is 18.3 Å². The fraction of sp³-hybridized carbons (Fsp3) is 0.562. The average molecular weight is 371 g/mol. The smallest absolute Gasteiger partial charge is 0.416 e. The molecule has 25 heavy (non-hydrogen) atoms. The van der Waals surface area contributed by atoms with E-state index in [0.717, 1.165) is 0 Å². The van der Waals surface area contributed by atoms with E-state index in [4.69, 9.17) is 10.8 Å². The molecule has 3 N–H and O–H groups in total. The van der Waals surface area contributed by atoms with Crippen molar-refractivity contribution in [3.8, 4) is 0 Å². The summed E-state index contributed by atoms with van der Waals surface area (Å²) >= 11 is 0. The molecule has 0 aliphatic carbocycles. The third-order valence-corrected chi connectivity index (χ3v) is 4.08. The number of carboxylic acids is 1. The SMILES string of the molecule is CCC(Cc1cc(C(F)(F)F)ccc1C(F)(F)F)CC(CN)C(=O)O. The van der Waals surface area contributed by atoms with Crippen molar-refractivity contribution in [3.05, 3.63) is 34.9 Å². The van der Waals surface area contributed by atoms with E-state index in [9.17, 15) is 31.1 Å². The van der Waals surface area contributed by atoms with Crippen molar-refractivity contribution in [2.24, 2.45) is 17.6 Å². The zero-order chi connectivity index (χ0) is 19.4. The number of benzene rings is 1. The van der Waals surface area contributed by atoms with Gasteiger partial charge in [-0.3, -0.25) is 4.79 Å². The molecule has 3 nitrogen and oxygen atoms in total. The molecular formula is C16H19F6NO2. The summed E-state index contributed by atoms with van der Waals surface area (Å²) in [5.41, 5.74) is 2.54. The lowest BCUT2D eigenvalue weighted by atomic mass is 9.85. The van der Waals surface area contributed by atoms with E-state index >= 15 is 0 Å². The number of carbonyl (C=O) groups is 1. The van der Waals surface area contributed by atoms with Crippen LogP contribution in [-0.2, 0) is 23.6 Å². The molecule has 0 heterocycles. The lowest BCUT2D eigenvalue weighted by molar-refractivity contribution is -0.142. The second-order valence-corrected chi connectivity index (χ2v) is 5.85. The largest absolute Gasteiger partial charge is 0.481 e. The first kappa shape index (κ1) is 21.3. The highest BCUT2D eigenvalue weighted by molar-refractivity contribution is 5.70. The third-order valence-electron chi connectivity index (χ3n) is 4.08. The summed E-state index contributed by atoms with van der Waals surface area (Å²) in [7, 11) is 0. The van der Waals surface area contributed by atoms with Crippen LogP contribution in [0.4, 0.5) is 26.3 Å². The van der Waals surface area contributed by atoms with Crippen LogP contribution in [0.2, 0.25) is 0 Å². The highest BCUT2D eigenvalue weighted by atomic mass is 19.4. The number of carboxylic acid groups (broad SMARTS) is 1. The molecule has 0 amide bonds. The number of halogens is 6. The van der Waals surface area contributed by atoms with Gasteiger partial charge in [0.2, 0.25) is 0 Å². The van der Waals surface area contributed by atoms with Crippen LogP contribution in [-0.4, -0.2) is 17.6 Å². The molecule has 2 atom stereocenters. The van der Waals surface area contributed by atoms with Crippen LogP contribution < -0.4 is 5.73 Å². The molecule has 0 saturated carbocycles. The Morgan fingerprint density at radius 1 is 1.16 bits per heavy atom. The third kappa shape index (κ3) is 5.91. The first-order valence-electron chi connectivity index (χ1n) is 7.60. The summed E-state index contributed by atoms with van der Waals surface area (Å²) in [5.74, 6) is -2.67. The Hall–Kier alpha value is -1.77. The maximum Gasteiger partial charge on any atom is 0.416 e. The molecule has 2 unspecified atom stereocenters. The molecule has 142 valence electrons. The van der Waals surface area contributed by atoms with E-state index in [0.29, 0.717) is 24.6 Å². The van der Waals surface area contributed by atoms with Gasteiger partial charge in [0.15, 0.2) is 0 Å². The van der Waals surface area contributed by atoms with Gasteiger partial charge in [0.1, 0.15) is 0 Å². The topological polar surface area (TPSA) is 63.3 Å². The normalized spacial score (nSPS) is 15.0. The monoisotopic (exact) mass is 371 g/mol. The van der Waals surface area contributed by atoms with Crippen molar-refractivity contribution in [3.63, 3.8) is 0 Å². The van der Waals surface area contributed by atoms with Gasteiger partial charge in [0, 0.05) is 6.54 Å². The van der Waals surface area contributed by atoms with E-state index in [1.807, 2.05) is 0 Å². The van der Waals surface area contributed by atoms with Gasteiger partial charge < -0.3 is 10.8 Å². The Labute approximate surface area is 140 Å². The predicted octanol–water partition coefficient (Wildman–Crippen LogP) is 4.34. The van der Waals surface area contributed by atoms with Gasteiger partial charge in [-0.1, -0.05) is 13.3 Å². The number of rotatable bonds is 7. The maximum atomic E-state index is 13.1. The molecule has 0 aromatic heterocycles. The van der Waals surface area contributed by atoms with Crippen molar-refractivity contribution in [1.29, 1.82) is 0 Å².